The van der Waals surface area contributed by atoms with E-state index in [4.69, 9.17) is 10.5 Å². The number of nitrogens with one attached hydrogen (secondary N) is 1. The Morgan fingerprint density at radius 3 is 2.70 bits per heavy atom. The number of nitrogens with two attached hydrogens (primary N) is 1. The van der Waals surface area contributed by atoms with E-state index >= 15 is 0 Å². The summed E-state index contributed by atoms with van der Waals surface area (Å²) in [6.45, 7) is 4.96. The molecule has 0 heterocycles. The number of ether oxygens (including phenoxy) is 1. The number of hydrogen-bond donors (Lipinski definition) is 2. The fourth-order valence-corrected chi connectivity index (χ4v) is 3.63. The maximum Gasteiger partial charge on any atom is 0.241 e. The second-order valence-electron chi connectivity index (χ2n) is 4.71. The van der Waals surface area contributed by atoms with Crippen molar-refractivity contribution < 1.29 is 13.2 Å². The van der Waals surface area contributed by atoms with E-state index < -0.39 is 10.0 Å². The second-order valence-corrected chi connectivity index (χ2v) is 7.30. The summed E-state index contributed by atoms with van der Waals surface area (Å²) in [5.41, 5.74) is 6.03. The lowest BCUT2D eigenvalue weighted by Crippen LogP contribution is -2.25. The summed E-state index contributed by atoms with van der Waals surface area (Å²) in [6, 6.07) is 4.71. The van der Waals surface area contributed by atoms with Gasteiger partial charge in [0.2, 0.25) is 10.0 Å². The van der Waals surface area contributed by atoms with Gasteiger partial charge in [0.05, 0.1) is 11.0 Å². The Morgan fingerprint density at radius 2 is 2.05 bits per heavy atom. The summed E-state index contributed by atoms with van der Waals surface area (Å²) < 4.78 is 32.7. The average molecular weight is 365 g/mol. The van der Waals surface area contributed by atoms with Crippen LogP contribution in [0.1, 0.15) is 26.7 Å². The summed E-state index contributed by atoms with van der Waals surface area (Å²) in [7, 11) is -3.53. The minimum Gasteiger partial charge on any atom is -0.399 e. The third-order valence-corrected chi connectivity index (χ3v) is 5.01. The summed E-state index contributed by atoms with van der Waals surface area (Å²) >= 11 is 3.22. The first-order valence-electron chi connectivity index (χ1n) is 6.49. The van der Waals surface area contributed by atoms with E-state index in [1.807, 2.05) is 13.8 Å². The molecule has 1 rings (SSSR count). The van der Waals surface area contributed by atoms with Crippen molar-refractivity contribution >= 4 is 31.6 Å². The highest BCUT2D eigenvalue weighted by Crippen LogP contribution is 2.23. The maximum absolute atomic E-state index is 12.1. The molecule has 0 bridgehead atoms. The Kier molecular flexibility index (Phi) is 6.94. The van der Waals surface area contributed by atoms with Crippen LogP contribution in [-0.4, -0.2) is 27.7 Å². The molecule has 5 nitrogen and oxygen atoms in total. The molecule has 0 saturated carbocycles. The fourth-order valence-electron chi connectivity index (χ4n) is 1.56. The zero-order valence-electron chi connectivity index (χ0n) is 11.7. The molecule has 0 aliphatic heterocycles. The molecule has 0 radical (unpaired) electrons. The number of rotatable bonds is 8. The summed E-state index contributed by atoms with van der Waals surface area (Å²) in [6.07, 6.45) is 1.75. The zero-order valence-corrected chi connectivity index (χ0v) is 14.1. The molecule has 0 aliphatic carbocycles. The van der Waals surface area contributed by atoms with Crippen LogP contribution in [0.3, 0.4) is 0 Å². The van der Waals surface area contributed by atoms with E-state index in [1.54, 1.807) is 12.1 Å². The molecular weight excluding hydrogens is 344 g/mol. The standard InChI is InChI=1S/C13H21BrN2O3S/c1-10(2)19-8-4-3-7-16-20(17,18)13-9-11(15)5-6-12(13)14/h5-6,9-10,16H,3-4,7-8,15H2,1-2H3. The molecule has 0 aliphatic rings. The highest BCUT2D eigenvalue weighted by Gasteiger charge is 2.17. The molecule has 0 atom stereocenters. The smallest absolute Gasteiger partial charge is 0.241 e. The molecule has 3 N–H and O–H groups in total. The molecule has 0 spiro atoms. The lowest BCUT2D eigenvalue weighted by molar-refractivity contribution is 0.0762. The van der Waals surface area contributed by atoms with Gasteiger partial charge < -0.3 is 10.5 Å². The van der Waals surface area contributed by atoms with Crippen LogP contribution in [0, 0.1) is 0 Å². The normalized spacial score (nSPS) is 12.0. The van der Waals surface area contributed by atoms with Gasteiger partial charge in [-0.1, -0.05) is 0 Å². The number of nitrogen functional groups attached to an aromatic ring is 1. The van der Waals surface area contributed by atoms with Crippen molar-refractivity contribution in [1.82, 2.24) is 4.72 Å². The van der Waals surface area contributed by atoms with Crippen LogP contribution in [0.2, 0.25) is 0 Å². The molecule has 1 aromatic carbocycles. The van der Waals surface area contributed by atoms with Crippen LogP contribution in [-0.2, 0) is 14.8 Å². The van der Waals surface area contributed by atoms with E-state index in [9.17, 15) is 8.42 Å². The Morgan fingerprint density at radius 1 is 1.35 bits per heavy atom. The largest absolute Gasteiger partial charge is 0.399 e. The Balaban J connectivity index is 2.48. The summed E-state index contributed by atoms with van der Waals surface area (Å²) in [5, 5.41) is 0. The van der Waals surface area contributed by atoms with Gasteiger partial charge in [-0.3, -0.25) is 0 Å². The van der Waals surface area contributed by atoms with Crippen molar-refractivity contribution in [1.29, 1.82) is 0 Å². The van der Waals surface area contributed by atoms with Crippen LogP contribution in [0.15, 0.2) is 27.6 Å². The molecule has 0 aromatic heterocycles. The summed E-state index contributed by atoms with van der Waals surface area (Å²) in [5.74, 6) is 0. The zero-order chi connectivity index (χ0) is 15.2. The maximum atomic E-state index is 12.1. The number of sulfonamides is 1. The van der Waals surface area contributed by atoms with Crippen molar-refractivity contribution in [2.75, 3.05) is 18.9 Å². The molecule has 0 fully saturated rings. The molecule has 1 aromatic rings. The predicted octanol–water partition coefficient (Wildman–Crippen LogP) is 2.51. The number of anilines is 1. The first-order valence-corrected chi connectivity index (χ1v) is 8.77. The summed E-state index contributed by atoms with van der Waals surface area (Å²) in [4.78, 5) is 0.163. The molecule has 114 valence electrons. The van der Waals surface area contributed by atoms with Crippen LogP contribution in [0.25, 0.3) is 0 Å². The van der Waals surface area contributed by atoms with Gasteiger partial charge in [-0.2, -0.15) is 0 Å². The van der Waals surface area contributed by atoms with Gasteiger partial charge in [0.25, 0.3) is 0 Å². The third kappa shape index (κ3) is 5.78. The van der Waals surface area contributed by atoms with E-state index in [2.05, 4.69) is 20.7 Å². The van der Waals surface area contributed by atoms with Crippen LogP contribution < -0.4 is 10.5 Å². The number of unbranched alkanes of at least 4 members (excludes halogenated alkanes) is 1. The molecule has 0 amide bonds. The Labute approximate surface area is 129 Å². The Bertz CT molecular complexity index is 532. The van der Waals surface area contributed by atoms with E-state index in [1.165, 1.54) is 6.07 Å². The average Bonchev–Trinajstić information content (AvgIpc) is 2.36. The Hall–Kier alpha value is -0.630. The van der Waals surface area contributed by atoms with Crippen LogP contribution >= 0.6 is 15.9 Å². The lowest BCUT2D eigenvalue weighted by Gasteiger charge is -2.10. The first kappa shape index (κ1) is 17.4. The van der Waals surface area contributed by atoms with Gasteiger partial charge in [0.15, 0.2) is 0 Å². The predicted molar refractivity (Wildman–Crippen MR) is 84.1 cm³/mol. The van der Waals surface area contributed by atoms with Gasteiger partial charge in [-0.15, -0.1) is 0 Å². The quantitative estimate of drug-likeness (QED) is 0.548. The first-order chi connectivity index (χ1) is 9.33. The number of halogens is 1. The highest BCUT2D eigenvalue weighted by atomic mass is 79.9. The molecular formula is C13H21BrN2O3S. The van der Waals surface area contributed by atoms with Crippen LogP contribution in [0.4, 0.5) is 5.69 Å². The molecule has 7 heteroatoms. The SMILES string of the molecule is CC(C)OCCCCNS(=O)(=O)c1cc(N)ccc1Br. The molecule has 0 saturated heterocycles. The van der Waals surface area contributed by atoms with E-state index in [0.29, 0.717) is 23.3 Å². The monoisotopic (exact) mass is 364 g/mol. The molecule has 20 heavy (non-hydrogen) atoms. The van der Waals surface area contributed by atoms with Gasteiger partial charge in [0.1, 0.15) is 0 Å². The van der Waals surface area contributed by atoms with Crippen molar-refractivity contribution in [3.8, 4) is 0 Å². The minimum absolute atomic E-state index is 0.163. The number of hydrogen-bond acceptors (Lipinski definition) is 4. The third-order valence-electron chi connectivity index (χ3n) is 2.56. The van der Waals surface area contributed by atoms with Gasteiger partial charge in [0, 0.05) is 23.3 Å². The highest BCUT2D eigenvalue weighted by molar-refractivity contribution is 9.10. The fraction of sp³-hybridized carbons (Fsp3) is 0.538. The van der Waals surface area contributed by atoms with Gasteiger partial charge >= 0.3 is 0 Å². The number of benzene rings is 1. The lowest BCUT2D eigenvalue weighted by atomic mass is 10.3. The van der Waals surface area contributed by atoms with Crippen molar-refractivity contribution in [2.24, 2.45) is 0 Å². The van der Waals surface area contributed by atoms with Crippen molar-refractivity contribution in [2.45, 2.75) is 37.7 Å². The second kappa shape index (κ2) is 7.97. The van der Waals surface area contributed by atoms with Gasteiger partial charge in [-0.05, 0) is 60.8 Å². The van der Waals surface area contributed by atoms with Crippen molar-refractivity contribution in [3.05, 3.63) is 22.7 Å². The van der Waals surface area contributed by atoms with E-state index in [-0.39, 0.29) is 11.0 Å². The minimum atomic E-state index is -3.53. The van der Waals surface area contributed by atoms with E-state index in [0.717, 1.165) is 12.8 Å². The van der Waals surface area contributed by atoms with Gasteiger partial charge in [-0.25, -0.2) is 13.1 Å². The van der Waals surface area contributed by atoms with Crippen molar-refractivity contribution in [3.63, 3.8) is 0 Å². The topological polar surface area (TPSA) is 81.4 Å². The van der Waals surface area contributed by atoms with Crippen LogP contribution in [0.5, 0.6) is 0 Å². The molecule has 0 unspecified atom stereocenters.